The molecule has 2 N–H and O–H groups in total. The molecule has 0 spiro atoms. The standard InChI is InChI=1S/C20H21NO4/c1-13-15-11-10-14-7-4-5-8-16(14)19(15)25-18(13)20(24)21-12-6-2-3-9-17(22)23/h4-5,7-8,10-11H,2-3,6,9,12H2,1H3,(H,21,24)(H,22,23). The van der Waals surface area contributed by atoms with Crippen LogP contribution in [0.4, 0.5) is 0 Å². The van der Waals surface area contributed by atoms with Crippen LogP contribution in [0.5, 0.6) is 0 Å². The minimum Gasteiger partial charge on any atom is -0.481 e. The zero-order valence-electron chi connectivity index (χ0n) is 14.2. The summed E-state index contributed by atoms with van der Waals surface area (Å²) < 4.78 is 5.89. The summed E-state index contributed by atoms with van der Waals surface area (Å²) in [6.45, 7) is 2.40. The number of rotatable bonds is 7. The second-order valence-corrected chi connectivity index (χ2v) is 6.18. The van der Waals surface area contributed by atoms with Crippen LogP contribution in [0.1, 0.15) is 41.8 Å². The first-order chi connectivity index (χ1) is 12.1. The van der Waals surface area contributed by atoms with E-state index >= 15 is 0 Å². The van der Waals surface area contributed by atoms with Crippen molar-refractivity contribution in [2.24, 2.45) is 0 Å². The Labute approximate surface area is 145 Å². The lowest BCUT2D eigenvalue weighted by molar-refractivity contribution is -0.137. The van der Waals surface area contributed by atoms with Crippen LogP contribution < -0.4 is 5.32 Å². The molecule has 0 saturated carbocycles. The van der Waals surface area contributed by atoms with E-state index in [0.29, 0.717) is 18.7 Å². The number of fused-ring (bicyclic) bond motifs is 3. The summed E-state index contributed by atoms with van der Waals surface area (Å²) in [4.78, 5) is 22.9. The molecule has 0 unspecified atom stereocenters. The minimum atomic E-state index is -0.783. The molecule has 25 heavy (non-hydrogen) atoms. The van der Waals surface area contributed by atoms with Gasteiger partial charge < -0.3 is 14.8 Å². The number of furan rings is 1. The fourth-order valence-corrected chi connectivity index (χ4v) is 3.03. The molecule has 130 valence electrons. The first kappa shape index (κ1) is 17.0. The lowest BCUT2D eigenvalue weighted by Gasteiger charge is -2.03. The predicted molar refractivity (Wildman–Crippen MR) is 96.9 cm³/mol. The summed E-state index contributed by atoms with van der Waals surface area (Å²) >= 11 is 0. The van der Waals surface area contributed by atoms with Gasteiger partial charge in [0.05, 0.1) is 0 Å². The minimum absolute atomic E-state index is 0.170. The Morgan fingerprint density at radius 1 is 1.04 bits per heavy atom. The zero-order valence-corrected chi connectivity index (χ0v) is 14.2. The molecule has 0 radical (unpaired) electrons. The number of benzene rings is 2. The van der Waals surface area contributed by atoms with E-state index in [0.717, 1.165) is 40.1 Å². The topological polar surface area (TPSA) is 79.5 Å². The third kappa shape index (κ3) is 3.65. The van der Waals surface area contributed by atoms with Crippen molar-refractivity contribution in [3.8, 4) is 0 Å². The largest absolute Gasteiger partial charge is 0.481 e. The maximum absolute atomic E-state index is 12.4. The number of carbonyl (C=O) groups excluding carboxylic acids is 1. The second-order valence-electron chi connectivity index (χ2n) is 6.18. The highest BCUT2D eigenvalue weighted by molar-refractivity contribution is 6.08. The Morgan fingerprint density at radius 3 is 2.64 bits per heavy atom. The van der Waals surface area contributed by atoms with Gasteiger partial charge in [0.25, 0.3) is 5.91 Å². The first-order valence-electron chi connectivity index (χ1n) is 8.49. The van der Waals surface area contributed by atoms with Crippen LogP contribution in [0.2, 0.25) is 0 Å². The highest BCUT2D eigenvalue weighted by Gasteiger charge is 2.18. The van der Waals surface area contributed by atoms with Crippen molar-refractivity contribution >= 4 is 33.6 Å². The molecule has 0 aliphatic rings. The van der Waals surface area contributed by atoms with Gasteiger partial charge in [-0.3, -0.25) is 9.59 Å². The van der Waals surface area contributed by atoms with E-state index in [9.17, 15) is 9.59 Å². The lowest BCUT2D eigenvalue weighted by Crippen LogP contribution is -2.24. The molecule has 0 aliphatic heterocycles. The van der Waals surface area contributed by atoms with Crippen molar-refractivity contribution < 1.29 is 19.1 Å². The first-order valence-corrected chi connectivity index (χ1v) is 8.49. The normalized spacial score (nSPS) is 11.1. The molecule has 0 atom stereocenters. The number of carbonyl (C=O) groups is 2. The summed E-state index contributed by atoms with van der Waals surface area (Å²) in [5.41, 5.74) is 1.58. The number of amides is 1. The number of hydrogen-bond donors (Lipinski definition) is 2. The zero-order chi connectivity index (χ0) is 17.8. The van der Waals surface area contributed by atoms with Crippen molar-refractivity contribution in [1.29, 1.82) is 0 Å². The molecule has 0 saturated heterocycles. The van der Waals surface area contributed by atoms with Crippen molar-refractivity contribution in [3.05, 3.63) is 47.7 Å². The van der Waals surface area contributed by atoms with Crippen LogP contribution in [0.3, 0.4) is 0 Å². The monoisotopic (exact) mass is 339 g/mol. The predicted octanol–water partition coefficient (Wildman–Crippen LogP) is 4.27. The molecule has 3 aromatic rings. The van der Waals surface area contributed by atoms with E-state index in [1.54, 1.807) is 0 Å². The van der Waals surface area contributed by atoms with Crippen molar-refractivity contribution in [2.45, 2.75) is 32.6 Å². The van der Waals surface area contributed by atoms with Gasteiger partial charge in [0.1, 0.15) is 5.58 Å². The maximum atomic E-state index is 12.4. The van der Waals surface area contributed by atoms with E-state index in [-0.39, 0.29) is 12.3 Å². The smallest absolute Gasteiger partial charge is 0.303 e. The van der Waals surface area contributed by atoms with Gasteiger partial charge in [-0.15, -0.1) is 0 Å². The summed E-state index contributed by atoms with van der Waals surface area (Å²) in [5.74, 6) is -0.665. The Hall–Kier alpha value is -2.82. The maximum Gasteiger partial charge on any atom is 0.303 e. The average Bonchev–Trinajstić information content (AvgIpc) is 2.95. The number of carboxylic acid groups (broad SMARTS) is 1. The van der Waals surface area contributed by atoms with Crippen molar-refractivity contribution in [3.63, 3.8) is 0 Å². The van der Waals surface area contributed by atoms with Crippen LogP contribution in [0.15, 0.2) is 40.8 Å². The highest BCUT2D eigenvalue weighted by Crippen LogP contribution is 2.31. The van der Waals surface area contributed by atoms with Gasteiger partial charge in [-0.25, -0.2) is 0 Å². The molecule has 5 heteroatoms. The Kier molecular flexibility index (Phi) is 5.03. The van der Waals surface area contributed by atoms with Crippen LogP contribution >= 0.6 is 0 Å². The second kappa shape index (κ2) is 7.38. The quantitative estimate of drug-likeness (QED) is 0.630. The van der Waals surface area contributed by atoms with Gasteiger partial charge in [-0.2, -0.15) is 0 Å². The Balaban J connectivity index is 1.70. The molecule has 5 nitrogen and oxygen atoms in total. The van der Waals surface area contributed by atoms with Crippen LogP contribution in [-0.4, -0.2) is 23.5 Å². The van der Waals surface area contributed by atoms with Gasteiger partial charge in [0.15, 0.2) is 5.76 Å². The van der Waals surface area contributed by atoms with Crippen LogP contribution in [-0.2, 0) is 4.79 Å². The molecule has 2 aromatic carbocycles. The number of nitrogens with one attached hydrogen (secondary N) is 1. The van der Waals surface area contributed by atoms with E-state index in [1.165, 1.54) is 0 Å². The average molecular weight is 339 g/mol. The van der Waals surface area contributed by atoms with Crippen LogP contribution in [0, 0.1) is 6.92 Å². The molecule has 3 rings (SSSR count). The molecule has 0 fully saturated rings. The number of carboxylic acids is 1. The summed E-state index contributed by atoms with van der Waals surface area (Å²) in [7, 11) is 0. The fraction of sp³-hybridized carbons (Fsp3) is 0.300. The highest BCUT2D eigenvalue weighted by atomic mass is 16.4. The van der Waals surface area contributed by atoms with Gasteiger partial charge in [-0.05, 0) is 25.2 Å². The molecule has 1 heterocycles. The lowest BCUT2D eigenvalue weighted by atomic mass is 10.1. The Bertz CT molecular complexity index is 926. The summed E-state index contributed by atoms with van der Waals surface area (Å²) in [6.07, 6.45) is 2.32. The van der Waals surface area contributed by atoms with E-state index in [2.05, 4.69) is 5.32 Å². The van der Waals surface area contributed by atoms with Gasteiger partial charge in [0.2, 0.25) is 0 Å². The van der Waals surface area contributed by atoms with Crippen molar-refractivity contribution in [2.75, 3.05) is 6.54 Å². The fourth-order valence-electron chi connectivity index (χ4n) is 3.03. The summed E-state index contributed by atoms with van der Waals surface area (Å²) in [5, 5.41) is 14.5. The van der Waals surface area contributed by atoms with E-state index < -0.39 is 5.97 Å². The molecule has 0 aliphatic carbocycles. The number of hydrogen-bond acceptors (Lipinski definition) is 3. The molecule has 0 bridgehead atoms. The third-order valence-corrected chi connectivity index (χ3v) is 4.39. The van der Waals surface area contributed by atoms with Crippen molar-refractivity contribution in [1.82, 2.24) is 5.32 Å². The SMILES string of the molecule is Cc1c(C(=O)NCCCCCC(=O)O)oc2c1ccc1ccccc12. The Morgan fingerprint density at radius 2 is 1.84 bits per heavy atom. The number of aliphatic carboxylic acids is 1. The summed E-state index contributed by atoms with van der Waals surface area (Å²) in [6, 6.07) is 12.0. The number of aryl methyl sites for hydroxylation is 1. The molecular weight excluding hydrogens is 318 g/mol. The van der Waals surface area contributed by atoms with Gasteiger partial charge in [0, 0.05) is 29.3 Å². The van der Waals surface area contributed by atoms with E-state index in [4.69, 9.17) is 9.52 Å². The molecule has 1 aromatic heterocycles. The molecular formula is C20H21NO4. The van der Waals surface area contributed by atoms with Gasteiger partial charge >= 0.3 is 5.97 Å². The van der Waals surface area contributed by atoms with Gasteiger partial charge in [-0.1, -0.05) is 42.8 Å². The van der Waals surface area contributed by atoms with E-state index in [1.807, 2.05) is 43.3 Å². The third-order valence-electron chi connectivity index (χ3n) is 4.39. The van der Waals surface area contributed by atoms with Crippen LogP contribution in [0.25, 0.3) is 21.7 Å². The number of unbranched alkanes of at least 4 members (excludes halogenated alkanes) is 2. The molecule has 1 amide bonds.